The van der Waals surface area contributed by atoms with E-state index in [0.29, 0.717) is 30.3 Å². The van der Waals surface area contributed by atoms with Crippen LogP contribution in [0.5, 0.6) is 0 Å². The number of sulfonamides is 1. The van der Waals surface area contributed by atoms with E-state index in [0.717, 1.165) is 60.6 Å². The van der Waals surface area contributed by atoms with Crippen LogP contribution in [0.1, 0.15) is 28.0 Å². The van der Waals surface area contributed by atoms with Gasteiger partial charge in [-0.05, 0) is 102 Å². The zero-order valence-electron chi connectivity index (χ0n) is 33.3. The number of benzene rings is 5. The number of nitro benzene ring substituents is 1. The third-order valence-electron chi connectivity index (χ3n) is 10.4. The SMILES string of the molecule is O=C(NS(=O)(=O)c1ccc(N[C@H](CCNCc2ccccn2)CSc2ccccc2)c([N+](=O)[O-])c1)c1ccc(N2CCN(Cc3ccccc3-c3ccc(Cl)cc3)CC2)cc1. The van der Waals surface area contributed by atoms with Crippen molar-refractivity contribution >= 4 is 56.4 Å². The number of pyridine rings is 1. The smallest absolute Gasteiger partial charge is 0.293 e. The van der Waals surface area contributed by atoms with Crippen molar-refractivity contribution < 1.29 is 18.1 Å². The minimum atomic E-state index is -4.46. The number of amides is 1. The fraction of sp³-hybridized carbons (Fsp3) is 0.217. The first-order valence-electron chi connectivity index (χ1n) is 19.9. The van der Waals surface area contributed by atoms with Crippen LogP contribution in [0, 0.1) is 10.1 Å². The molecule has 0 unspecified atom stereocenters. The first-order valence-corrected chi connectivity index (χ1v) is 22.8. The van der Waals surface area contributed by atoms with E-state index in [1.165, 1.54) is 23.3 Å². The molecular formula is C46H46ClN7O5S2. The largest absolute Gasteiger partial charge is 0.376 e. The van der Waals surface area contributed by atoms with Crippen LogP contribution in [0.15, 0.2) is 156 Å². The number of anilines is 2. The van der Waals surface area contributed by atoms with Crippen molar-refractivity contribution in [2.24, 2.45) is 0 Å². The Kier molecular flexibility index (Phi) is 14.7. The van der Waals surface area contributed by atoms with Gasteiger partial charge in [0.1, 0.15) is 5.69 Å². The number of thioether (sulfide) groups is 1. The summed E-state index contributed by atoms with van der Waals surface area (Å²) in [5, 5.41) is 19.7. The van der Waals surface area contributed by atoms with Crippen LogP contribution in [0.4, 0.5) is 17.1 Å². The zero-order valence-corrected chi connectivity index (χ0v) is 35.7. The molecule has 1 atom stereocenters. The van der Waals surface area contributed by atoms with Crippen molar-refractivity contribution in [3.05, 3.63) is 178 Å². The van der Waals surface area contributed by atoms with Gasteiger partial charge < -0.3 is 15.5 Å². The maximum atomic E-state index is 13.5. The summed E-state index contributed by atoms with van der Waals surface area (Å²) in [6.45, 7) is 5.23. The highest BCUT2D eigenvalue weighted by molar-refractivity contribution is 7.99. The van der Waals surface area contributed by atoms with Gasteiger partial charge >= 0.3 is 0 Å². The number of hydrogen-bond donors (Lipinski definition) is 3. The second-order valence-corrected chi connectivity index (χ2v) is 17.8. The average molecular weight is 877 g/mol. The molecule has 1 aliphatic rings. The van der Waals surface area contributed by atoms with E-state index in [1.807, 2.05) is 78.9 Å². The number of aromatic nitrogens is 1. The zero-order chi connectivity index (χ0) is 42.6. The first-order chi connectivity index (χ1) is 29.6. The molecule has 314 valence electrons. The van der Waals surface area contributed by atoms with Crippen LogP contribution in [0.3, 0.4) is 0 Å². The second kappa shape index (κ2) is 20.7. The third kappa shape index (κ3) is 12.0. The van der Waals surface area contributed by atoms with Crippen LogP contribution in [-0.2, 0) is 23.1 Å². The van der Waals surface area contributed by atoms with Crippen LogP contribution in [0.25, 0.3) is 11.1 Å². The molecule has 1 fully saturated rings. The number of nitrogens with zero attached hydrogens (tertiary/aromatic N) is 4. The minimum absolute atomic E-state index is 0.146. The van der Waals surface area contributed by atoms with Gasteiger partial charge in [0.2, 0.25) is 0 Å². The van der Waals surface area contributed by atoms with Gasteiger partial charge in [-0.2, -0.15) is 0 Å². The molecule has 3 N–H and O–H groups in total. The lowest BCUT2D eigenvalue weighted by molar-refractivity contribution is -0.384. The summed E-state index contributed by atoms with van der Waals surface area (Å²) < 4.78 is 29.0. The van der Waals surface area contributed by atoms with E-state index in [2.05, 4.69) is 48.3 Å². The van der Waals surface area contributed by atoms with Crippen molar-refractivity contribution in [3.8, 4) is 11.1 Å². The molecular weight excluding hydrogens is 830 g/mol. The third-order valence-corrected chi connectivity index (χ3v) is 13.1. The lowest BCUT2D eigenvalue weighted by Crippen LogP contribution is -2.46. The van der Waals surface area contributed by atoms with Gasteiger partial charge in [-0.25, -0.2) is 13.1 Å². The Bertz CT molecular complexity index is 2510. The lowest BCUT2D eigenvalue weighted by Gasteiger charge is -2.36. The number of hydrogen-bond acceptors (Lipinski definition) is 11. The van der Waals surface area contributed by atoms with Gasteiger partial charge in [-0.15, -0.1) is 11.8 Å². The van der Waals surface area contributed by atoms with Gasteiger partial charge in [0.25, 0.3) is 21.6 Å². The Morgan fingerprint density at radius 1 is 0.852 bits per heavy atom. The van der Waals surface area contributed by atoms with Crippen molar-refractivity contribution in [2.45, 2.75) is 35.3 Å². The number of halogens is 1. The standard InChI is InChI=1S/C46H46ClN7O5S2/c47-37-17-13-34(14-18-37)43-12-5-4-8-36(43)32-52-26-28-53(29-27-52)40-19-15-35(16-20-40)46(55)51-61(58,59)42-21-22-44(45(30-42)54(56)57)50-39(33-60-41-10-2-1-3-11-41)23-25-48-31-38-9-6-7-24-49-38/h1-22,24,30,39,48,50H,23,25-29,31-33H2,(H,51,55)/t39-/m1/s1. The van der Waals surface area contributed by atoms with Gasteiger partial charge in [0, 0.05) is 84.5 Å². The summed E-state index contributed by atoms with van der Waals surface area (Å²) in [7, 11) is -4.46. The molecule has 0 spiro atoms. The maximum Gasteiger partial charge on any atom is 0.293 e. The van der Waals surface area contributed by atoms with E-state index in [4.69, 9.17) is 11.6 Å². The number of rotatable bonds is 18. The Hall–Kier alpha value is -5.77. The highest BCUT2D eigenvalue weighted by Gasteiger charge is 2.26. The van der Waals surface area contributed by atoms with E-state index < -0.39 is 31.4 Å². The summed E-state index contributed by atoms with van der Waals surface area (Å²) in [6, 6.07) is 42.0. The summed E-state index contributed by atoms with van der Waals surface area (Å²) >= 11 is 7.74. The van der Waals surface area contributed by atoms with E-state index >= 15 is 0 Å². The molecule has 7 rings (SSSR count). The molecule has 5 aromatic carbocycles. The van der Waals surface area contributed by atoms with Gasteiger partial charge in [0.05, 0.1) is 15.5 Å². The van der Waals surface area contributed by atoms with E-state index in [1.54, 1.807) is 42.2 Å². The molecule has 12 nitrogen and oxygen atoms in total. The predicted octanol–water partition coefficient (Wildman–Crippen LogP) is 8.50. The Labute approximate surface area is 365 Å². The predicted molar refractivity (Wildman–Crippen MR) is 244 cm³/mol. The summed E-state index contributed by atoms with van der Waals surface area (Å²) in [5.74, 6) is -0.241. The molecule has 1 amide bonds. The highest BCUT2D eigenvalue weighted by atomic mass is 35.5. The highest BCUT2D eigenvalue weighted by Crippen LogP contribution is 2.31. The number of carbonyl (C=O) groups is 1. The monoisotopic (exact) mass is 875 g/mol. The molecule has 1 aliphatic heterocycles. The fourth-order valence-corrected chi connectivity index (χ4v) is 9.23. The Morgan fingerprint density at radius 2 is 1.57 bits per heavy atom. The summed E-state index contributed by atoms with van der Waals surface area (Å²) in [6.07, 6.45) is 2.36. The summed E-state index contributed by atoms with van der Waals surface area (Å²) in [4.78, 5) is 34.6. The fourth-order valence-electron chi connectivity index (χ4n) is 7.12. The number of nitro groups is 1. The van der Waals surface area contributed by atoms with Crippen LogP contribution in [-0.4, -0.2) is 73.7 Å². The first kappa shape index (κ1) is 43.3. The van der Waals surface area contributed by atoms with Crippen molar-refractivity contribution in [3.63, 3.8) is 0 Å². The number of carbonyl (C=O) groups excluding carboxylic acids is 1. The summed E-state index contributed by atoms with van der Waals surface area (Å²) in [5.41, 5.74) is 5.27. The van der Waals surface area contributed by atoms with Crippen molar-refractivity contribution in [1.29, 1.82) is 0 Å². The van der Waals surface area contributed by atoms with E-state index in [-0.39, 0.29) is 17.3 Å². The van der Waals surface area contributed by atoms with Gasteiger partial charge in [0.15, 0.2) is 0 Å². The molecule has 61 heavy (non-hydrogen) atoms. The Morgan fingerprint density at radius 3 is 2.30 bits per heavy atom. The van der Waals surface area contributed by atoms with Gasteiger partial charge in [-0.1, -0.05) is 72.3 Å². The van der Waals surface area contributed by atoms with Gasteiger partial charge in [-0.3, -0.25) is 24.8 Å². The second-order valence-electron chi connectivity index (χ2n) is 14.6. The minimum Gasteiger partial charge on any atom is -0.376 e. The van der Waals surface area contributed by atoms with Crippen LogP contribution < -0.4 is 20.3 Å². The Balaban J connectivity index is 0.952. The number of piperazine rings is 1. The molecule has 0 bridgehead atoms. The van der Waals surface area contributed by atoms with Crippen LogP contribution >= 0.6 is 23.4 Å². The molecule has 1 aromatic heterocycles. The molecule has 6 aromatic rings. The quantitative estimate of drug-likeness (QED) is 0.0330. The normalized spacial score (nSPS) is 13.7. The van der Waals surface area contributed by atoms with Crippen molar-refractivity contribution in [2.75, 3.05) is 48.7 Å². The average Bonchev–Trinajstić information content (AvgIpc) is 3.28. The molecule has 2 heterocycles. The lowest BCUT2D eigenvalue weighted by atomic mass is 9.99. The maximum absolute atomic E-state index is 13.5. The molecule has 0 radical (unpaired) electrons. The van der Waals surface area contributed by atoms with Crippen LogP contribution in [0.2, 0.25) is 5.02 Å². The topological polar surface area (TPSA) is 150 Å². The molecule has 1 saturated heterocycles. The number of nitrogens with one attached hydrogen (secondary N) is 3. The van der Waals surface area contributed by atoms with E-state index in [9.17, 15) is 23.3 Å². The molecule has 0 saturated carbocycles. The molecule has 0 aliphatic carbocycles. The van der Waals surface area contributed by atoms with Crippen molar-refractivity contribution in [1.82, 2.24) is 19.9 Å². The molecule has 15 heteroatoms.